The molecule has 1 aliphatic heterocycles. The van der Waals surface area contributed by atoms with Crippen LogP contribution in [-0.2, 0) is 4.74 Å². The van der Waals surface area contributed by atoms with Gasteiger partial charge < -0.3 is 19.0 Å². The van der Waals surface area contributed by atoms with Gasteiger partial charge in [0.25, 0.3) is 6.01 Å². The van der Waals surface area contributed by atoms with Crippen LogP contribution in [0.15, 0.2) is 28.7 Å². The van der Waals surface area contributed by atoms with Crippen molar-refractivity contribution in [2.75, 3.05) is 31.6 Å². The molecule has 0 spiro atoms. The minimum atomic E-state index is -0.244. The van der Waals surface area contributed by atoms with Gasteiger partial charge in [-0.3, -0.25) is 0 Å². The fraction of sp³-hybridized carbons (Fsp3) is 0.467. The summed E-state index contributed by atoms with van der Waals surface area (Å²) in [5, 5.41) is 0. The van der Waals surface area contributed by atoms with E-state index >= 15 is 0 Å². The number of benzene rings is 1. The van der Waals surface area contributed by atoms with E-state index in [2.05, 4.69) is 4.98 Å². The van der Waals surface area contributed by atoms with Gasteiger partial charge in [-0.1, -0.05) is 12.1 Å². The lowest BCUT2D eigenvalue weighted by atomic mass is 10.2. The van der Waals surface area contributed by atoms with Gasteiger partial charge in [0, 0.05) is 20.1 Å². The van der Waals surface area contributed by atoms with Crippen molar-refractivity contribution < 1.29 is 13.9 Å². The highest BCUT2D eigenvalue weighted by Crippen LogP contribution is 2.25. The molecule has 1 amide bonds. The number of likely N-dealkylation sites (N-methyl/N-ethyl adjacent to an activating group) is 1. The molecular formula is C15H19N3O3. The van der Waals surface area contributed by atoms with E-state index in [-0.39, 0.29) is 12.1 Å². The van der Waals surface area contributed by atoms with Crippen LogP contribution < -0.4 is 4.90 Å². The zero-order valence-corrected chi connectivity index (χ0v) is 12.3. The van der Waals surface area contributed by atoms with Crippen molar-refractivity contribution in [3.8, 4) is 0 Å². The second-order valence-electron chi connectivity index (χ2n) is 5.16. The zero-order chi connectivity index (χ0) is 14.8. The number of likely N-dealkylation sites (tertiary alicyclic amines) is 1. The van der Waals surface area contributed by atoms with Crippen molar-refractivity contribution >= 4 is 23.2 Å². The Morgan fingerprint density at radius 1 is 1.52 bits per heavy atom. The molecule has 0 bridgehead atoms. The molecule has 1 fully saturated rings. The Labute approximate surface area is 123 Å². The van der Waals surface area contributed by atoms with Gasteiger partial charge in [0.2, 0.25) is 0 Å². The van der Waals surface area contributed by atoms with Gasteiger partial charge >= 0.3 is 6.09 Å². The molecule has 1 unspecified atom stereocenters. The predicted octanol–water partition coefficient (Wildman–Crippen LogP) is 2.49. The van der Waals surface area contributed by atoms with E-state index in [0.717, 1.165) is 17.5 Å². The number of amides is 1. The highest BCUT2D eigenvalue weighted by Gasteiger charge is 2.31. The first kappa shape index (κ1) is 13.7. The number of para-hydroxylation sites is 2. The monoisotopic (exact) mass is 289 g/mol. The Hall–Kier alpha value is -2.24. The highest BCUT2D eigenvalue weighted by molar-refractivity contribution is 5.74. The summed E-state index contributed by atoms with van der Waals surface area (Å²) in [5.74, 6) is 0. The van der Waals surface area contributed by atoms with E-state index in [1.165, 1.54) is 0 Å². The molecule has 6 nitrogen and oxygen atoms in total. The number of hydrogen-bond donors (Lipinski definition) is 0. The summed E-state index contributed by atoms with van der Waals surface area (Å²) in [4.78, 5) is 20.0. The number of aromatic nitrogens is 1. The van der Waals surface area contributed by atoms with Crippen molar-refractivity contribution in [1.29, 1.82) is 0 Å². The Bertz CT molecular complexity index is 607. The standard InChI is InChI=1S/C15H19N3O3/c1-3-20-15(19)18-9-8-11(10-18)17(2)14-16-12-6-4-5-7-13(12)21-14/h4-7,11H,3,8-10H2,1-2H3. The average molecular weight is 289 g/mol. The lowest BCUT2D eigenvalue weighted by Crippen LogP contribution is -2.36. The van der Waals surface area contributed by atoms with E-state index in [4.69, 9.17) is 9.15 Å². The minimum Gasteiger partial charge on any atom is -0.450 e. The van der Waals surface area contributed by atoms with Crippen LogP contribution in [0.25, 0.3) is 11.1 Å². The van der Waals surface area contributed by atoms with E-state index in [9.17, 15) is 4.79 Å². The molecule has 21 heavy (non-hydrogen) atoms. The zero-order valence-electron chi connectivity index (χ0n) is 12.3. The molecule has 1 aromatic carbocycles. The van der Waals surface area contributed by atoms with E-state index in [1.807, 2.05) is 43.1 Å². The first-order valence-corrected chi connectivity index (χ1v) is 7.19. The number of fused-ring (bicyclic) bond motifs is 1. The van der Waals surface area contributed by atoms with Gasteiger partial charge in [0.15, 0.2) is 5.58 Å². The number of carbonyl (C=O) groups is 1. The lowest BCUT2D eigenvalue weighted by molar-refractivity contribution is 0.115. The second kappa shape index (κ2) is 5.63. The normalized spacial score (nSPS) is 18.2. The van der Waals surface area contributed by atoms with Crippen LogP contribution in [0.3, 0.4) is 0 Å². The van der Waals surface area contributed by atoms with Crippen LogP contribution in [0.1, 0.15) is 13.3 Å². The lowest BCUT2D eigenvalue weighted by Gasteiger charge is -2.22. The number of anilines is 1. The molecular weight excluding hydrogens is 270 g/mol. The Kier molecular flexibility index (Phi) is 3.68. The molecule has 1 atom stereocenters. The van der Waals surface area contributed by atoms with Gasteiger partial charge in [0.05, 0.1) is 12.6 Å². The van der Waals surface area contributed by atoms with Crippen LogP contribution in [0.4, 0.5) is 10.8 Å². The van der Waals surface area contributed by atoms with Crippen LogP contribution in [0.2, 0.25) is 0 Å². The van der Waals surface area contributed by atoms with Gasteiger partial charge in [-0.15, -0.1) is 0 Å². The van der Waals surface area contributed by atoms with Crippen molar-refractivity contribution in [2.24, 2.45) is 0 Å². The largest absolute Gasteiger partial charge is 0.450 e. The molecule has 0 radical (unpaired) electrons. The van der Waals surface area contributed by atoms with Crippen molar-refractivity contribution in [2.45, 2.75) is 19.4 Å². The van der Waals surface area contributed by atoms with Crippen molar-refractivity contribution in [3.63, 3.8) is 0 Å². The van der Waals surface area contributed by atoms with E-state index < -0.39 is 0 Å². The molecule has 2 heterocycles. The van der Waals surface area contributed by atoms with Gasteiger partial charge in [-0.25, -0.2) is 4.79 Å². The maximum Gasteiger partial charge on any atom is 0.409 e. The molecule has 1 aliphatic rings. The summed E-state index contributed by atoms with van der Waals surface area (Å²) in [5.41, 5.74) is 1.62. The van der Waals surface area contributed by atoms with Crippen molar-refractivity contribution in [1.82, 2.24) is 9.88 Å². The molecule has 112 valence electrons. The van der Waals surface area contributed by atoms with E-state index in [0.29, 0.717) is 25.7 Å². The molecule has 0 saturated carbocycles. The number of nitrogens with zero attached hydrogens (tertiary/aromatic N) is 3. The quantitative estimate of drug-likeness (QED) is 0.869. The van der Waals surface area contributed by atoms with Crippen LogP contribution in [-0.4, -0.2) is 48.8 Å². The molecule has 6 heteroatoms. The summed E-state index contributed by atoms with van der Waals surface area (Å²) in [6, 6.07) is 8.48. The van der Waals surface area contributed by atoms with Crippen LogP contribution in [0.5, 0.6) is 0 Å². The van der Waals surface area contributed by atoms with Crippen molar-refractivity contribution in [3.05, 3.63) is 24.3 Å². The number of carbonyl (C=O) groups excluding carboxylic acids is 1. The van der Waals surface area contributed by atoms with Gasteiger partial charge in [0.1, 0.15) is 5.52 Å². The molecule has 0 aliphatic carbocycles. The second-order valence-corrected chi connectivity index (χ2v) is 5.16. The van der Waals surface area contributed by atoms with E-state index in [1.54, 1.807) is 4.90 Å². The third-order valence-corrected chi connectivity index (χ3v) is 3.82. The SMILES string of the molecule is CCOC(=O)N1CCC(N(C)c2nc3ccccc3o2)C1. The maximum absolute atomic E-state index is 11.7. The number of hydrogen-bond acceptors (Lipinski definition) is 5. The summed E-state index contributed by atoms with van der Waals surface area (Å²) in [6.07, 6.45) is 0.638. The summed E-state index contributed by atoms with van der Waals surface area (Å²) in [7, 11) is 1.95. The van der Waals surface area contributed by atoms with Gasteiger partial charge in [-0.05, 0) is 25.5 Å². The number of ether oxygens (including phenoxy) is 1. The summed E-state index contributed by atoms with van der Waals surface area (Å²) < 4.78 is 10.8. The molecule has 1 saturated heterocycles. The first-order valence-electron chi connectivity index (χ1n) is 7.19. The fourth-order valence-corrected chi connectivity index (χ4v) is 2.61. The van der Waals surface area contributed by atoms with Crippen LogP contribution in [0, 0.1) is 0 Å². The predicted molar refractivity (Wildman–Crippen MR) is 79.4 cm³/mol. The Morgan fingerprint density at radius 3 is 3.10 bits per heavy atom. The smallest absolute Gasteiger partial charge is 0.409 e. The average Bonchev–Trinajstić information content (AvgIpc) is 3.13. The summed E-state index contributed by atoms with van der Waals surface area (Å²) in [6.45, 7) is 3.55. The minimum absolute atomic E-state index is 0.197. The Balaban J connectivity index is 1.71. The number of oxazole rings is 1. The van der Waals surface area contributed by atoms with Crippen LogP contribution >= 0.6 is 0 Å². The molecule has 1 aromatic heterocycles. The highest BCUT2D eigenvalue weighted by atomic mass is 16.6. The topological polar surface area (TPSA) is 58.8 Å². The van der Waals surface area contributed by atoms with Gasteiger partial charge in [-0.2, -0.15) is 4.98 Å². The Morgan fingerprint density at radius 2 is 2.33 bits per heavy atom. The third kappa shape index (κ3) is 2.66. The first-order chi connectivity index (χ1) is 10.2. The molecule has 3 rings (SSSR count). The molecule has 0 N–H and O–H groups in total. The summed E-state index contributed by atoms with van der Waals surface area (Å²) >= 11 is 0. The third-order valence-electron chi connectivity index (χ3n) is 3.82. The number of rotatable bonds is 3. The fourth-order valence-electron chi connectivity index (χ4n) is 2.61. The maximum atomic E-state index is 11.7. The molecule has 2 aromatic rings.